The number of hydrogen-bond donors (Lipinski definition) is 1. The molecule has 0 bridgehead atoms. The summed E-state index contributed by atoms with van der Waals surface area (Å²) in [6.45, 7) is 0. The zero-order chi connectivity index (χ0) is 15.3. The second-order valence-corrected chi connectivity index (χ2v) is 9.28. The standard InChI is InChI=1S/C12H16NO6PSe/c1-17-12(14)11(10-5-3-2-4-6-10)13-7-20(15)8-18-21(16)19-9-20/h2-6,11,13H,7-9H2,1H3. The molecule has 2 rings (SSSR count). The van der Waals surface area contributed by atoms with Crippen LogP contribution in [0.1, 0.15) is 11.6 Å². The number of esters is 1. The molecule has 116 valence electrons. The quantitative estimate of drug-likeness (QED) is 0.466. The number of ether oxygens (including phenoxy) is 1. The van der Waals surface area contributed by atoms with Crippen LogP contribution in [0.4, 0.5) is 0 Å². The summed E-state index contributed by atoms with van der Waals surface area (Å²) in [6, 6.07) is 8.27. The zero-order valence-corrected chi connectivity index (χ0v) is 14.0. The first-order chi connectivity index (χ1) is 10.0. The maximum atomic E-state index is 12.4. The van der Waals surface area contributed by atoms with Gasteiger partial charge in [-0.3, -0.25) is 0 Å². The number of hydrogen-bond acceptors (Lipinski definition) is 7. The van der Waals surface area contributed by atoms with E-state index in [9.17, 15) is 13.2 Å². The zero-order valence-electron chi connectivity index (χ0n) is 11.4. The summed E-state index contributed by atoms with van der Waals surface area (Å²) in [4.78, 5) is 11.9. The molecule has 0 radical (unpaired) electrons. The van der Waals surface area contributed by atoms with Crippen molar-refractivity contribution >= 4 is 27.6 Å². The molecule has 1 aliphatic heterocycles. The predicted octanol–water partition coefficient (Wildman–Crippen LogP) is 1.19. The van der Waals surface area contributed by atoms with Gasteiger partial charge in [0.05, 0.1) is 0 Å². The number of methoxy groups -OCH3 is 1. The van der Waals surface area contributed by atoms with E-state index < -0.39 is 33.6 Å². The van der Waals surface area contributed by atoms with Gasteiger partial charge in [0.2, 0.25) is 0 Å². The fourth-order valence-corrected chi connectivity index (χ4v) is 6.77. The Morgan fingerprint density at radius 3 is 2.57 bits per heavy atom. The molecule has 1 saturated heterocycles. The fraction of sp³-hybridized carbons (Fsp3) is 0.417. The molecule has 1 heterocycles. The summed E-state index contributed by atoms with van der Waals surface area (Å²) in [5.74, 6) is -0.471. The van der Waals surface area contributed by atoms with Crippen molar-refractivity contribution < 1.29 is 25.6 Å². The number of rotatable bonds is 5. The third-order valence-electron chi connectivity index (χ3n) is 2.92. The van der Waals surface area contributed by atoms with Crippen molar-refractivity contribution in [1.82, 2.24) is 5.32 Å². The minimum atomic E-state index is -2.81. The Kier molecular flexibility index (Phi) is 5.81. The molecular formula is C12H16NO6PSe. The normalized spacial score (nSPS) is 27.0. The van der Waals surface area contributed by atoms with Crippen molar-refractivity contribution in [2.24, 2.45) is 0 Å². The van der Waals surface area contributed by atoms with Crippen LogP contribution in [-0.2, 0) is 25.6 Å². The Labute approximate surface area is 127 Å². The van der Waals surface area contributed by atoms with Crippen LogP contribution in [0.15, 0.2) is 30.3 Å². The Hall–Kier alpha value is -0.881. The van der Waals surface area contributed by atoms with Gasteiger partial charge in [-0.05, 0) is 0 Å². The fourth-order valence-electron chi connectivity index (χ4n) is 1.80. The SMILES string of the molecule is COC(=O)C(NCP1(=O)CO[Se](=O)OC1)c1ccccc1. The van der Waals surface area contributed by atoms with Crippen LogP contribution in [0.25, 0.3) is 0 Å². The molecular weight excluding hydrogens is 364 g/mol. The molecule has 0 amide bonds. The Morgan fingerprint density at radius 1 is 1.38 bits per heavy atom. The van der Waals surface area contributed by atoms with Gasteiger partial charge in [-0.2, -0.15) is 0 Å². The molecule has 9 heteroatoms. The molecule has 21 heavy (non-hydrogen) atoms. The van der Waals surface area contributed by atoms with E-state index in [0.29, 0.717) is 5.56 Å². The summed E-state index contributed by atoms with van der Waals surface area (Å²) in [5.41, 5.74) is 0.713. The van der Waals surface area contributed by atoms with Crippen LogP contribution in [0.3, 0.4) is 0 Å². The van der Waals surface area contributed by atoms with E-state index in [0.717, 1.165) is 0 Å². The molecule has 7 nitrogen and oxygen atoms in total. The third kappa shape index (κ3) is 4.54. The molecule has 1 aliphatic rings. The average Bonchev–Trinajstić information content (AvgIpc) is 2.51. The van der Waals surface area contributed by atoms with E-state index in [1.807, 2.05) is 6.07 Å². The number of benzene rings is 1. The average molecular weight is 380 g/mol. The molecule has 1 atom stereocenters. The van der Waals surface area contributed by atoms with E-state index in [1.54, 1.807) is 24.3 Å². The Bertz CT molecular complexity index is 552. The maximum absolute atomic E-state index is 12.4. The molecule has 0 spiro atoms. The molecule has 0 aliphatic carbocycles. The van der Waals surface area contributed by atoms with Crippen LogP contribution >= 0.6 is 7.14 Å². The van der Waals surface area contributed by atoms with Crippen LogP contribution in [0.5, 0.6) is 0 Å². The molecule has 1 N–H and O–H groups in total. The van der Waals surface area contributed by atoms with Crippen LogP contribution in [0, 0.1) is 0 Å². The van der Waals surface area contributed by atoms with Crippen molar-refractivity contribution in [2.75, 3.05) is 26.1 Å². The van der Waals surface area contributed by atoms with E-state index in [-0.39, 0.29) is 19.0 Å². The molecule has 1 fully saturated rings. The van der Waals surface area contributed by atoms with Crippen LogP contribution in [-0.4, -0.2) is 46.6 Å². The first-order valence-corrected chi connectivity index (χ1v) is 10.5. The van der Waals surface area contributed by atoms with E-state index in [1.165, 1.54) is 7.11 Å². The summed E-state index contributed by atoms with van der Waals surface area (Å²) in [7, 11) is -1.51. The molecule has 0 aromatic heterocycles. The monoisotopic (exact) mass is 381 g/mol. The predicted molar refractivity (Wildman–Crippen MR) is 75.2 cm³/mol. The molecule has 1 unspecified atom stereocenters. The van der Waals surface area contributed by atoms with Crippen LogP contribution in [0.2, 0.25) is 0 Å². The van der Waals surface area contributed by atoms with Gasteiger partial charge >= 0.3 is 127 Å². The van der Waals surface area contributed by atoms with Crippen molar-refractivity contribution in [3.8, 4) is 0 Å². The first kappa shape index (κ1) is 16.5. The Balaban J connectivity index is 2.05. The number of carbonyl (C=O) groups is 1. The summed E-state index contributed by atoms with van der Waals surface area (Å²) in [5, 5.41) is 2.93. The van der Waals surface area contributed by atoms with Gasteiger partial charge in [-0.1, -0.05) is 0 Å². The van der Waals surface area contributed by atoms with Gasteiger partial charge in [-0.15, -0.1) is 0 Å². The van der Waals surface area contributed by atoms with Gasteiger partial charge in [0.1, 0.15) is 0 Å². The number of nitrogens with one attached hydrogen (secondary N) is 1. The van der Waals surface area contributed by atoms with Crippen molar-refractivity contribution in [3.05, 3.63) is 35.9 Å². The number of carbonyl (C=O) groups excluding carboxylic acids is 1. The molecule has 1 aromatic rings. The van der Waals surface area contributed by atoms with Gasteiger partial charge in [0.25, 0.3) is 0 Å². The van der Waals surface area contributed by atoms with E-state index in [4.69, 9.17) is 12.4 Å². The second-order valence-electron chi connectivity index (χ2n) is 4.49. The second kappa shape index (κ2) is 7.40. The Morgan fingerprint density at radius 2 is 2.00 bits per heavy atom. The summed E-state index contributed by atoms with van der Waals surface area (Å²) < 4.78 is 37.9. The summed E-state index contributed by atoms with van der Waals surface area (Å²) >= 11 is -2.73. The topological polar surface area (TPSA) is 90.9 Å². The van der Waals surface area contributed by atoms with Crippen LogP contribution < -0.4 is 5.32 Å². The van der Waals surface area contributed by atoms with Crippen molar-refractivity contribution in [1.29, 1.82) is 0 Å². The first-order valence-electron chi connectivity index (χ1n) is 6.16. The van der Waals surface area contributed by atoms with Gasteiger partial charge in [0, 0.05) is 0 Å². The van der Waals surface area contributed by atoms with E-state index >= 15 is 0 Å². The van der Waals surface area contributed by atoms with Gasteiger partial charge in [0.15, 0.2) is 0 Å². The summed E-state index contributed by atoms with van der Waals surface area (Å²) in [6.07, 6.45) is -0.158. The minimum absolute atomic E-state index is 0.0422. The van der Waals surface area contributed by atoms with Crippen molar-refractivity contribution in [2.45, 2.75) is 6.04 Å². The van der Waals surface area contributed by atoms with E-state index in [2.05, 4.69) is 5.32 Å². The molecule has 0 saturated carbocycles. The molecule has 1 aromatic carbocycles. The van der Waals surface area contributed by atoms with Gasteiger partial charge in [-0.25, -0.2) is 0 Å². The van der Waals surface area contributed by atoms with Gasteiger partial charge < -0.3 is 0 Å². The van der Waals surface area contributed by atoms with Crippen molar-refractivity contribution in [3.63, 3.8) is 0 Å². The third-order valence-corrected chi connectivity index (χ3v) is 6.97.